The predicted molar refractivity (Wildman–Crippen MR) is 112 cm³/mol. The van der Waals surface area contributed by atoms with Gasteiger partial charge in [-0.15, -0.1) is 0 Å². The Bertz CT molecular complexity index is 888. The summed E-state index contributed by atoms with van der Waals surface area (Å²) in [6.45, 7) is 4.01. The molecule has 1 aromatic rings. The molecule has 2 aliphatic carbocycles. The van der Waals surface area contributed by atoms with Gasteiger partial charge in [-0.05, 0) is 79.4 Å². The Balaban J connectivity index is 1.73. The van der Waals surface area contributed by atoms with E-state index in [-0.39, 0.29) is 29.4 Å². The lowest BCUT2D eigenvalue weighted by Crippen LogP contribution is -2.68. The van der Waals surface area contributed by atoms with E-state index in [2.05, 4.69) is 39.9 Å². The van der Waals surface area contributed by atoms with Gasteiger partial charge in [0.1, 0.15) is 6.10 Å². The molecule has 4 aliphatic rings. The molecule has 150 valence electrons. The molecule has 1 spiro atoms. The molecule has 1 saturated carbocycles. The molecule has 1 aromatic carbocycles. The van der Waals surface area contributed by atoms with Crippen LogP contribution in [0.3, 0.4) is 0 Å². The van der Waals surface area contributed by atoms with Gasteiger partial charge < -0.3 is 19.7 Å². The fourth-order valence-corrected chi connectivity index (χ4v) is 7.18. The largest absolute Gasteiger partial charge is 0.483 e. The first-order valence-corrected chi connectivity index (χ1v) is 11.1. The van der Waals surface area contributed by atoms with E-state index in [1.54, 1.807) is 6.92 Å². The highest BCUT2D eigenvalue weighted by molar-refractivity contribution is 14.1. The van der Waals surface area contributed by atoms with Gasteiger partial charge in [0.2, 0.25) is 5.91 Å². The molecule has 28 heavy (non-hydrogen) atoms. The molecule has 1 unspecified atom stereocenters. The monoisotopic (exact) mass is 496 g/mol. The maximum atomic E-state index is 11.9. The van der Waals surface area contributed by atoms with Crippen LogP contribution in [-0.4, -0.2) is 48.6 Å². The normalized spacial score (nSPS) is 35.0. The molecule has 7 heteroatoms. The van der Waals surface area contributed by atoms with Gasteiger partial charge in [-0.3, -0.25) is 9.59 Å². The molecule has 5 rings (SSSR count). The number of amides is 1. The molecule has 5 atom stereocenters. The SMILES string of the molecule is CC(=O)N[C@H]1CCC2[C@H]3Cc4c(I)cc(OC(C)=O)c5c4[C@@]2(CCN3C)[C@H]1O5. The highest BCUT2D eigenvalue weighted by atomic mass is 127. The second-order valence-electron chi connectivity index (χ2n) is 8.70. The molecule has 1 N–H and O–H groups in total. The van der Waals surface area contributed by atoms with Crippen LogP contribution in [0.1, 0.15) is 44.2 Å². The fraction of sp³-hybridized carbons (Fsp3) is 0.619. The van der Waals surface area contributed by atoms with Crippen molar-refractivity contribution in [3.05, 3.63) is 20.8 Å². The Kier molecular flexibility index (Phi) is 4.21. The van der Waals surface area contributed by atoms with E-state index in [1.165, 1.54) is 18.1 Å². The average molecular weight is 496 g/mol. The van der Waals surface area contributed by atoms with E-state index in [9.17, 15) is 9.59 Å². The topological polar surface area (TPSA) is 67.9 Å². The lowest BCUT2D eigenvalue weighted by atomic mass is 9.51. The van der Waals surface area contributed by atoms with Gasteiger partial charge in [-0.2, -0.15) is 0 Å². The van der Waals surface area contributed by atoms with Crippen LogP contribution in [0.15, 0.2) is 6.07 Å². The second kappa shape index (κ2) is 6.32. The van der Waals surface area contributed by atoms with E-state index < -0.39 is 0 Å². The van der Waals surface area contributed by atoms with Gasteiger partial charge >= 0.3 is 5.97 Å². The molecule has 6 nitrogen and oxygen atoms in total. The van der Waals surface area contributed by atoms with Crippen LogP contribution in [0.4, 0.5) is 0 Å². The Morgan fingerprint density at radius 2 is 2.14 bits per heavy atom. The highest BCUT2D eigenvalue weighted by Gasteiger charge is 2.66. The maximum Gasteiger partial charge on any atom is 0.308 e. The molecular formula is C21H25IN2O4. The van der Waals surface area contributed by atoms with Crippen LogP contribution in [0.5, 0.6) is 11.5 Å². The summed E-state index contributed by atoms with van der Waals surface area (Å²) in [7, 11) is 2.23. The van der Waals surface area contributed by atoms with E-state index in [0.29, 0.717) is 17.7 Å². The van der Waals surface area contributed by atoms with Crippen molar-refractivity contribution in [2.75, 3.05) is 13.6 Å². The summed E-state index contributed by atoms with van der Waals surface area (Å²) in [6.07, 6.45) is 3.90. The van der Waals surface area contributed by atoms with Crippen molar-refractivity contribution in [1.29, 1.82) is 0 Å². The number of esters is 1. The van der Waals surface area contributed by atoms with Crippen molar-refractivity contribution in [1.82, 2.24) is 10.2 Å². The number of likely N-dealkylation sites (N-methyl/N-ethyl adjacent to an activating group) is 1. The first-order valence-electron chi connectivity index (χ1n) is 10.0. The summed E-state index contributed by atoms with van der Waals surface area (Å²) < 4.78 is 13.3. The Morgan fingerprint density at radius 1 is 1.36 bits per heavy atom. The zero-order chi connectivity index (χ0) is 19.8. The maximum absolute atomic E-state index is 11.9. The third kappa shape index (κ3) is 2.41. The third-order valence-corrected chi connectivity index (χ3v) is 8.26. The number of ether oxygens (including phenoxy) is 2. The molecule has 0 aromatic heterocycles. The number of hydrogen-bond acceptors (Lipinski definition) is 5. The van der Waals surface area contributed by atoms with Crippen LogP contribution >= 0.6 is 22.6 Å². The number of piperidine rings is 1. The first kappa shape index (κ1) is 18.7. The number of carbonyl (C=O) groups excluding carboxylic acids is 2. The molecule has 2 fully saturated rings. The zero-order valence-corrected chi connectivity index (χ0v) is 18.5. The molecular weight excluding hydrogens is 471 g/mol. The summed E-state index contributed by atoms with van der Waals surface area (Å²) >= 11 is 2.37. The van der Waals surface area contributed by atoms with Crippen molar-refractivity contribution in [2.45, 2.75) is 63.1 Å². The lowest BCUT2D eigenvalue weighted by Gasteiger charge is -2.59. The molecule has 2 heterocycles. The number of likely N-dealkylation sites (tertiary alicyclic amines) is 1. The van der Waals surface area contributed by atoms with Gasteiger partial charge in [-0.1, -0.05) is 0 Å². The quantitative estimate of drug-likeness (QED) is 0.387. The Labute approximate surface area is 178 Å². The van der Waals surface area contributed by atoms with Crippen LogP contribution in [-0.2, 0) is 21.4 Å². The van der Waals surface area contributed by atoms with Crippen molar-refractivity contribution >= 4 is 34.5 Å². The molecule has 1 saturated heterocycles. The Hall–Kier alpha value is -1.35. The van der Waals surface area contributed by atoms with E-state index in [1.807, 2.05) is 6.07 Å². The molecule has 2 aliphatic heterocycles. The van der Waals surface area contributed by atoms with E-state index >= 15 is 0 Å². The number of carbonyl (C=O) groups is 2. The summed E-state index contributed by atoms with van der Waals surface area (Å²) in [5, 5.41) is 3.15. The van der Waals surface area contributed by atoms with Crippen molar-refractivity contribution in [2.24, 2.45) is 5.92 Å². The summed E-state index contributed by atoms with van der Waals surface area (Å²) in [5.74, 6) is 1.40. The molecule has 0 radical (unpaired) electrons. The average Bonchev–Trinajstić information content (AvgIpc) is 2.96. The van der Waals surface area contributed by atoms with Crippen molar-refractivity contribution < 1.29 is 19.1 Å². The standard InChI is InChI=1S/C21H25IN2O4/c1-10(25)23-15-5-4-13-16-8-12-14(22)9-17(27-11(2)26)19-18(12)21(13,20(15)28-19)6-7-24(16)3/h9,13,15-16,20H,4-8H2,1-3H3,(H,23,25)/t13?,15-,16+,20-,21-/m0/s1. The third-order valence-electron chi connectivity index (χ3n) is 7.30. The number of nitrogens with zero attached hydrogens (tertiary/aromatic N) is 1. The van der Waals surface area contributed by atoms with E-state index in [0.717, 1.165) is 41.5 Å². The summed E-state index contributed by atoms with van der Waals surface area (Å²) in [4.78, 5) is 26.1. The minimum absolute atomic E-state index is 0.0148. The summed E-state index contributed by atoms with van der Waals surface area (Å²) in [6, 6.07) is 2.41. The summed E-state index contributed by atoms with van der Waals surface area (Å²) in [5.41, 5.74) is 2.48. The number of nitrogens with one attached hydrogen (secondary N) is 1. The highest BCUT2D eigenvalue weighted by Crippen LogP contribution is 2.64. The van der Waals surface area contributed by atoms with Crippen molar-refractivity contribution in [3.8, 4) is 11.5 Å². The zero-order valence-electron chi connectivity index (χ0n) is 16.4. The second-order valence-corrected chi connectivity index (χ2v) is 9.87. The number of benzene rings is 1. The van der Waals surface area contributed by atoms with Crippen LogP contribution in [0.25, 0.3) is 0 Å². The number of halogens is 1. The minimum atomic E-state index is -0.338. The van der Waals surface area contributed by atoms with Gasteiger partial charge in [0, 0.05) is 34.4 Å². The predicted octanol–water partition coefficient (Wildman–Crippen LogP) is 2.39. The number of hydrogen-bond donors (Lipinski definition) is 1. The Morgan fingerprint density at radius 3 is 2.86 bits per heavy atom. The van der Waals surface area contributed by atoms with Crippen LogP contribution in [0.2, 0.25) is 0 Å². The van der Waals surface area contributed by atoms with Crippen LogP contribution in [0, 0.1) is 9.49 Å². The first-order chi connectivity index (χ1) is 13.3. The molecule has 1 amide bonds. The lowest BCUT2D eigenvalue weighted by molar-refractivity contribution is -0.132. The number of rotatable bonds is 2. The smallest absolute Gasteiger partial charge is 0.308 e. The van der Waals surface area contributed by atoms with Gasteiger partial charge in [0.25, 0.3) is 0 Å². The van der Waals surface area contributed by atoms with Gasteiger partial charge in [-0.25, -0.2) is 0 Å². The van der Waals surface area contributed by atoms with Gasteiger partial charge in [0.15, 0.2) is 11.5 Å². The fourth-order valence-electron chi connectivity index (χ4n) is 6.41. The van der Waals surface area contributed by atoms with Gasteiger partial charge in [0.05, 0.1) is 6.04 Å². The van der Waals surface area contributed by atoms with Crippen LogP contribution < -0.4 is 14.8 Å². The molecule has 2 bridgehead atoms. The van der Waals surface area contributed by atoms with Crippen molar-refractivity contribution in [3.63, 3.8) is 0 Å². The minimum Gasteiger partial charge on any atom is -0.483 e. The van der Waals surface area contributed by atoms with E-state index in [4.69, 9.17) is 9.47 Å².